The third kappa shape index (κ3) is 3.95. The van der Waals surface area contributed by atoms with E-state index in [2.05, 4.69) is 4.98 Å². The van der Waals surface area contributed by atoms with Gasteiger partial charge in [-0.25, -0.2) is 0 Å². The zero-order valence-electron chi connectivity index (χ0n) is 12.4. The van der Waals surface area contributed by atoms with Gasteiger partial charge in [-0.2, -0.15) is 0 Å². The summed E-state index contributed by atoms with van der Waals surface area (Å²) >= 11 is 11.9. The lowest BCUT2D eigenvalue weighted by Crippen LogP contribution is -2.32. The Morgan fingerprint density at radius 1 is 1.30 bits per heavy atom. The van der Waals surface area contributed by atoms with Gasteiger partial charge in [0.1, 0.15) is 5.75 Å². The lowest BCUT2D eigenvalue weighted by molar-refractivity contribution is -0.132. The molecule has 1 aliphatic rings. The number of nitrogens with zero attached hydrogens (tertiary/aromatic N) is 2. The Kier molecular flexibility index (Phi) is 5.03. The van der Waals surface area contributed by atoms with Gasteiger partial charge in [-0.3, -0.25) is 9.78 Å². The molecule has 4 nitrogen and oxygen atoms in total. The minimum atomic E-state index is -0.0468. The maximum absolute atomic E-state index is 12.3. The summed E-state index contributed by atoms with van der Waals surface area (Å²) in [6.45, 7) is 1.36. The van der Waals surface area contributed by atoms with Crippen LogP contribution in [0.15, 0.2) is 42.6 Å². The highest BCUT2D eigenvalue weighted by atomic mass is 35.5. The van der Waals surface area contributed by atoms with Gasteiger partial charge in [-0.15, -0.1) is 0 Å². The van der Waals surface area contributed by atoms with Crippen molar-refractivity contribution in [2.45, 2.75) is 12.3 Å². The van der Waals surface area contributed by atoms with Gasteiger partial charge in [0, 0.05) is 35.9 Å². The Morgan fingerprint density at radius 3 is 2.91 bits per heavy atom. The molecule has 1 aromatic carbocycles. The fourth-order valence-corrected chi connectivity index (χ4v) is 3.13. The largest absolute Gasteiger partial charge is 0.482 e. The van der Waals surface area contributed by atoms with Crippen molar-refractivity contribution >= 4 is 29.1 Å². The van der Waals surface area contributed by atoms with Crippen LogP contribution in [0.5, 0.6) is 5.75 Å². The zero-order valence-corrected chi connectivity index (χ0v) is 13.9. The van der Waals surface area contributed by atoms with E-state index in [1.54, 1.807) is 24.4 Å². The molecule has 0 radical (unpaired) electrons. The average molecular weight is 351 g/mol. The van der Waals surface area contributed by atoms with Gasteiger partial charge in [0.2, 0.25) is 0 Å². The Bertz CT molecular complexity index is 694. The number of likely N-dealkylation sites (tertiary alicyclic amines) is 1. The molecule has 1 fully saturated rings. The van der Waals surface area contributed by atoms with Gasteiger partial charge in [0.15, 0.2) is 6.61 Å². The van der Waals surface area contributed by atoms with E-state index in [0.717, 1.165) is 18.7 Å². The van der Waals surface area contributed by atoms with E-state index < -0.39 is 0 Å². The maximum atomic E-state index is 12.3. The minimum absolute atomic E-state index is 0.0315. The number of carbonyl (C=O) groups is 1. The van der Waals surface area contributed by atoms with Crippen LogP contribution in [0.1, 0.15) is 18.0 Å². The summed E-state index contributed by atoms with van der Waals surface area (Å²) in [4.78, 5) is 18.5. The number of aromatic nitrogens is 1. The number of hydrogen-bond donors (Lipinski definition) is 0. The van der Waals surface area contributed by atoms with Gasteiger partial charge in [0.05, 0.1) is 5.02 Å². The van der Waals surface area contributed by atoms with Crippen LogP contribution in [0.4, 0.5) is 0 Å². The molecule has 0 bridgehead atoms. The number of pyridine rings is 1. The van der Waals surface area contributed by atoms with Gasteiger partial charge in [-0.1, -0.05) is 29.3 Å². The molecule has 0 spiro atoms. The molecule has 23 heavy (non-hydrogen) atoms. The number of carbonyl (C=O) groups excluding carboxylic acids is 1. The van der Waals surface area contributed by atoms with Crippen LogP contribution in [-0.2, 0) is 4.79 Å². The Morgan fingerprint density at radius 2 is 2.17 bits per heavy atom. The summed E-state index contributed by atoms with van der Waals surface area (Å²) in [6.07, 6.45) is 2.70. The predicted octanol–water partition coefficient (Wildman–Crippen LogP) is 3.78. The van der Waals surface area contributed by atoms with Crippen LogP contribution in [0, 0.1) is 0 Å². The molecule has 1 atom stereocenters. The monoisotopic (exact) mass is 350 g/mol. The third-order valence-electron chi connectivity index (χ3n) is 3.89. The molecule has 6 heteroatoms. The second-order valence-corrected chi connectivity index (χ2v) is 6.29. The molecule has 2 aromatic rings. The highest BCUT2D eigenvalue weighted by Gasteiger charge is 2.28. The van der Waals surface area contributed by atoms with E-state index in [-0.39, 0.29) is 12.5 Å². The lowest BCUT2D eigenvalue weighted by atomic mass is 10.0. The number of halogens is 2. The average Bonchev–Trinajstić information content (AvgIpc) is 3.05. The molecule has 3 rings (SSSR count). The summed E-state index contributed by atoms with van der Waals surface area (Å²) in [5.74, 6) is 0.707. The number of rotatable bonds is 4. The molecular formula is C17H16Cl2N2O2. The van der Waals surface area contributed by atoms with Crippen molar-refractivity contribution in [1.29, 1.82) is 0 Å². The van der Waals surface area contributed by atoms with Crippen molar-refractivity contribution in [1.82, 2.24) is 9.88 Å². The van der Waals surface area contributed by atoms with Gasteiger partial charge in [-0.05, 0) is 36.8 Å². The topological polar surface area (TPSA) is 42.4 Å². The van der Waals surface area contributed by atoms with Crippen molar-refractivity contribution < 1.29 is 9.53 Å². The number of benzene rings is 1. The summed E-state index contributed by atoms with van der Waals surface area (Å²) in [7, 11) is 0. The fourth-order valence-electron chi connectivity index (χ4n) is 2.67. The van der Waals surface area contributed by atoms with Crippen molar-refractivity contribution in [3.8, 4) is 5.75 Å². The Balaban J connectivity index is 1.55. The highest BCUT2D eigenvalue weighted by Crippen LogP contribution is 2.28. The van der Waals surface area contributed by atoms with E-state index in [9.17, 15) is 4.79 Å². The summed E-state index contributed by atoms with van der Waals surface area (Å²) in [5, 5.41) is 0.935. The normalized spacial score (nSPS) is 17.3. The highest BCUT2D eigenvalue weighted by molar-refractivity contribution is 6.35. The van der Waals surface area contributed by atoms with E-state index in [1.807, 2.05) is 23.1 Å². The molecule has 0 N–H and O–H groups in total. The standard InChI is InChI=1S/C17H16Cl2N2O2/c18-13-4-5-16(14(19)9-13)23-11-17(22)21-8-6-12(10-21)15-3-1-2-7-20-15/h1-5,7,9,12H,6,8,10-11H2. The van der Waals surface area contributed by atoms with Crippen LogP contribution in [-0.4, -0.2) is 35.5 Å². The van der Waals surface area contributed by atoms with Gasteiger partial charge < -0.3 is 9.64 Å². The van der Waals surface area contributed by atoms with Crippen molar-refractivity contribution in [2.24, 2.45) is 0 Å². The first-order valence-electron chi connectivity index (χ1n) is 7.40. The number of amides is 1. The van der Waals surface area contributed by atoms with Crippen LogP contribution in [0.2, 0.25) is 10.0 Å². The van der Waals surface area contributed by atoms with E-state index in [4.69, 9.17) is 27.9 Å². The second-order valence-electron chi connectivity index (χ2n) is 5.44. The van der Waals surface area contributed by atoms with Crippen molar-refractivity contribution in [2.75, 3.05) is 19.7 Å². The lowest BCUT2D eigenvalue weighted by Gasteiger charge is -2.17. The second kappa shape index (κ2) is 7.20. The van der Waals surface area contributed by atoms with Crippen LogP contribution in [0.25, 0.3) is 0 Å². The maximum Gasteiger partial charge on any atom is 0.260 e. The summed E-state index contributed by atoms with van der Waals surface area (Å²) < 4.78 is 5.51. The molecule has 0 saturated carbocycles. The predicted molar refractivity (Wildman–Crippen MR) is 90.1 cm³/mol. The van der Waals surface area contributed by atoms with Crippen molar-refractivity contribution in [3.05, 3.63) is 58.3 Å². The Labute approximate surface area is 145 Å². The molecular weight excluding hydrogens is 335 g/mol. The van der Waals surface area contributed by atoms with E-state index in [1.165, 1.54) is 0 Å². The molecule has 1 amide bonds. The smallest absolute Gasteiger partial charge is 0.260 e. The van der Waals surface area contributed by atoms with E-state index in [0.29, 0.717) is 28.3 Å². The first kappa shape index (κ1) is 16.1. The number of hydrogen-bond acceptors (Lipinski definition) is 3. The Hall–Kier alpha value is -1.78. The number of ether oxygens (including phenoxy) is 1. The fraction of sp³-hybridized carbons (Fsp3) is 0.294. The molecule has 120 valence electrons. The van der Waals surface area contributed by atoms with Gasteiger partial charge >= 0.3 is 0 Å². The van der Waals surface area contributed by atoms with Crippen LogP contribution in [0.3, 0.4) is 0 Å². The van der Waals surface area contributed by atoms with Crippen molar-refractivity contribution in [3.63, 3.8) is 0 Å². The minimum Gasteiger partial charge on any atom is -0.482 e. The third-order valence-corrected chi connectivity index (χ3v) is 4.42. The SMILES string of the molecule is O=C(COc1ccc(Cl)cc1Cl)N1CCC(c2ccccn2)C1. The quantitative estimate of drug-likeness (QED) is 0.842. The van der Waals surface area contributed by atoms with E-state index >= 15 is 0 Å². The summed E-state index contributed by atoms with van der Waals surface area (Å²) in [5.41, 5.74) is 1.03. The molecule has 1 aliphatic heterocycles. The molecule has 0 aliphatic carbocycles. The first-order valence-corrected chi connectivity index (χ1v) is 8.15. The van der Waals surface area contributed by atoms with Gasteiger partial charge in [0.25, 0.3) is 5.91 Å². The molecule has 1 aromatic heterocycles. The molecule has 1 saturated heterocycles. The molecule has 2 heterocycles. The molecule has 1 unspecified atom stereocenters. The van der Waals surface area contributed by atoms with Crippen LogP contribution >= 0.6 is 23.2 Å². The zero-order chi connectivity index (χ0) is 16.2. The van der Waals surface area contributed by atoms with Crippen LogP contribution < -0.4 is 4.74 Å². The summed E-state index contributed by atoms with van der Waals surface area (Å²) in [6, 6.07) is 10.8. The first-order chi connectivity index (χ1) is 11.1.